The molecule has 1 atom stereocenters. The average Bonchev–Trinajstić information content (AvgIpc) is 2.64. The molecule has 29 heavy (non-hydrogen) atoms. The highest BCUT2D eigenvalue weighted by atomic mass is 19.4. The molecule has 1 saturated heterocycles. The first-order valence-electron chi connectivity index (χ1n) is 9.50. The number of aromatic nitrogens is 1. The van der Waals surface area contributed by atoms with Crippen molar-refractivity contribution >= 4 is 19.1 Å². The summed E-state index contributed by atoms with van der Waals surface area (Å²) in [5, 5.41) is 17.7. The summed E-state index contributed by atoms with van der Waals surface area (Å²) in [6.45, 7) is 2.85. The molecule has 11 heteroatoms. The Morgan fingerprint density at radius 3 is 2.38 bits per heavy atom. The van der Waals surface area contributed by atoms with Gasteiger partial charge in [0.05, 0.1) is 5.56 Å². The Morgan fingerprint density at radius 1 is 1.28 bits per heavy atom. The molecule has 1 aromatic rings. The molecule has 0 amide bonds. The number of hydrogen-bond donors (Lipinski definition) is 3. The van der Waals surface area contributed by atoms with Gasteiger partial charge in [0.1, 0.15) is 5.82 Å². The van der Waals surface area contributed by atoms with Crippen LogP contribution in [0.25, 0.3) is 0 Å². The predicted octanol–water partition coefficient (Wildman–Crippen LogP) is 2.01. The molecule has 4 N–H and O–H groups in total. The number of pyridine rings is 1. The van der Waals surface area contributed by atoms with Crippen molar-refractivity contribution < 1.29 is 32.8 Å². The lowest BCUT2D eigenvalue weighted by Gasteiger charge is -2.35. The third-order valence-corrected chi connectivity index (χ3v) is 4.99. The zero-order valence-electron chi connectivity index (χ0n) is 16.4. The van der Waals surface area contributed by atoms with Gasteiger partial charge in [0.25, 0.3) is 0 Å². The van der Waals surface area contributed by atoms with Gasteiger partial charge in [0, 0.05) is 24.8 Å². The van der Waals surface area contributed by atoms with E-state index in [0.29, 0.717) is 36.8 Å². The fourth-order valence-electron chi connectivity index (χ4n) is 3.48. The molecule has 0 bridgehead atoms. The van der Waals surface area contributed by atoms with Crippen molar-refractivity contribution in [2.45, 2.75) is 57.6 Å². The summed E-state index contributed by atoms with van der Waals surface area (Å²) in [6.07, 6.45) is 0.252. The van der Waals surface area contributed by atoms with Crippen LogP contribution in [0.15, 0.2) is 12.1 Å². The molecule has 0 aromatic carbocycles. The second-order valence-corrected chi connectivity index (χ2v) is 7.19. The minimum atomic E-state index is -4.37. The van der Waals surface area contributed by atoms with E-state index in [1.54, 1.807) is 6.92 Å². The number of aryl methyl sites for hydroxylation is 1. The lowest BCUT2D eigenvalue weighted by atomic mass is 9.82. The van der Waals surface area contributed by atoms with Gasteiger partial charge < -0.3 is 20.7 Å². The van der Waals surface area contributed by atoms with Crippen LogP contribution < -0.4 is 10.6 Å². The Kier molecular flexibility index (Phi) is 10.3. The van der Waals surface area contributed by atoms with Crippen molar-refractivity contribution in [1.29, 1.82) is 0 Å². The van der Waals surface area contributed by atoms with Crippen LogP contribution in [0.1, 0.15) is 43.4 Å². The van der Waals surface area contributed by atoms with E-state index in [1.807, 2.05) is 4.90 Å². The van der Waals surface area contributed by atoms with E-state index in [2.05, 4.69) is 4.98 Å². The summed E-state index contributed by atoms with van der Waals surface area (Å²) < 4.78 is 39.0. The molecule has 2 rings (SSSR count). The van der Waals surface area contributed by atoms with Gasteiger partial charge in [-0.2, -0.15) is 22.8 Å². The van der Waals surface area contributed by atoms with Crippen LogP contribution in [0.3, 0.4) is 0 Å². The summed E-state index contributed by atoms with van der Waals surface area (Å²) in [7, 11) is -1.27. The van der Waals surface area contributed by atoms with Gasteiger partial charge in [-0.3, -0.25) is 0 Å². The maximum absolute atomic E-state index is 13.0. The molecule has 1 aromatic heterocycles. The highest BCUT2D eigenvalue weighted by Crippen LogP contribution is 2.33. The SMILES string of the molecule is Cc1cc(C(F)(F)F)cc(N2CCC(C(N)CCCCB(O)O)CC2)n1.O=C=O. The van der Waals surface area contributed by atoms with E-state index in [1.165, 1.54) is 0 Å². The molecule has 0 radical (unpaired) electrons. The number of nitrogens with zero attached hydrogens (tertiary/aromatic N) is 2. The molecule has 1 aliphatic rings. The monoisotopic (exact) mass is 417 g/mol. The number of rotatable bonds is 7. The summed E-state index contributed by atoms with van der Waals surface area (Å²) in [5.41, 5.74) is 5.95. The molecular weight excluding hydrogens is 390 g/mol. The molecule has 1 unspecified atom stereocenters. The van der Waals surface area contributed by atoms with E-state index in [9.17, 15) is 13.2 Å². The summed E-state index contributed by atoms with van der Waals surface area (Å²) in [5.74, 6) is 0.707. The van der Waals surface area contributed by atoms with Crippen LogP contribution in [-0.2, 0) is 15.8 Å². The van der Waals surface area contributed by atoms with Crippen LogP contribution in [0, 0.1) is 12.8 Å². The van der Waals surface area contributed by atoms with Crippen LogP contribution in [-0.4, -0.2) is 47.4 Å². The van der Waals surface area contributed by atoms with Gasteiger partial charge in [-0.25, -0.2) is 4.98 Å². The first-order chi connectivity index (χ1) is 13.6. The molecule has 1 aliphatic heterocycles. The van der Waals surface area contributed by atoms with Crippen molar-refractivity contribution in [3.8, 4) is 0 Å². The third kappa shape index (κ3) is 8.95. The van der Waals surface area contributed by atoms with E-state index >= 15 is 0 Å². The maximum atomic E-state index is 13.0. The standard InChI is InChI=1S/C17H27BF3N3O2.CO2/c1-12-10-14(17(19,20)21)11-16(23-12)24-8-5-13(6-9-24)15(22)4-2-3-7-18(25)26;2-1-3/h10-11,13,15,25-26H,2-9,22H2,1H3;. The topological polar surface area (TPSA) is 117 Å². The van der Waals surface area contributed by atoms with E-state index < -0.39 is 18.9 Å². The van der Waals surface area contributed by atoms with Crippen molar-refractivity contribution in [3.05, 3.63) is 23.4 Å². The van der Waals surface area contributed by atoms with Gasteiger partial charge >= 0.3 is 19.4 Å². The zero-order chi connectivity index (χ0) is 22.0. The molecule has 0 spiro atoms. The van der Waals surface area contributed by atoms with Crippen LogP contribution in [0.2, 0.25) is 6.32 Å². The quantitative estimate of drug-likeness (QED) is 0.459. The molecule has 0 aliphatic carbocycles. The first-order valence-corrected chi connectivity index (χ1v) is 9.50. The number of carbonyl (C=O) groups excluding carboxylic acids is 2. The molecule has 7 nitrogen and oxygen atoms in total. The van der Waals surface area contributed by atoms with Gasteiger partial charge in [0.2, 0.25) is 0 Å². The van der Waals surface area contributed by atoms with Crippen molar-refractivity contribution in [1.82, 2.24) is 4.98 Å². The third-order valence-electron chi connectivity index (χ3n) is 4.99. The maximum Gasteiger partial charge on any atom is 0.451 e. The zero-order valence-corrected chi connectivity index (χ0v) is 16.4. The number of piperidine rings is 1. The van der Waals surface area contributed by atoms with Crippen molar-refractivity contribution in [3.63, 3.8) is 0 Å². The van der Waals surface area contributed by atoms with E-state index in [0.717, 1.165) is 44.2 Å². The van der Waals surface area contributed by atoms with Crippen LogP contribution in [0.4, 0.5) is 19.0 Å². The Morgan fingerprint density at radius 2 is 1.86 bits per heavy atom. The van der Waals surface area contributed by atoms with Gasteiger partial charge in [-0.1, -0.05) is 12.8 Å². The largest absolute Gasteiger partial charge is 0.451 e. The number of halogens is 3. The lowest BCUT2D eigenvalue weighted by Crippen LogP contribution is -2.41. The Labute approximate surface area is 168 Å². The number of unbranched alkanes of at least 4 members (excludes halogenated alkanes) is 1. The molecule has 1 fully saturated rings. The molecule has 2 heterocycles. The van der Waals surface area contributed by atoms with Crippen molar-refractivity contribution in [2.24, 2.45) is 11.7 Å². The van der Waals surface area contributed by atoms with Crippen molar-refractivity contribution in [2.75, 3.05) is 18.0 Å². The minimum absolute atomic E-state index is 0.0317. The average molecular weight is 417 g/mol. The second kappa shape index (κ2) is 11.9. The van der Waals surface area contributed by atoms with Gasteiger partial charge in [0.15, 0.2) is 0 Å². The van der Waals surface area contributed by atoms with Crippen LogP contribution in [0.5, 0.6) is 0 Å². The number of anilines is 1. The Balaban J connectivity index is 0.00000132. The summed E-state index contributed by atoms with van der Waals surface area (Å²) in [6, 6.07) is 2.22. The highest BCUT2D eigenvalue weighted by Gasteiger charge is 2.32. The summed E-state index contributed by atoms with van der Waals surface area (Å²) >= 11 is 0. The second-order valence-electron chi connectivity index (χ2n) is 7.19. The van der Waals surface area contributed by atoms with E-state index in [-0.39, 0.29) is 12.2 Å². The fourth-order valence-corrected chi connectivity index (χ4v) is 3.48. The smallest absolute Gasteiger partial charge is 0.427 e. The number of nitrogens with two attached hydrogens (primary N) is 1. The number of alkyl halides is 3. The summed E-state index contributed by atoms with van der Waals surface area (Å²) in [4.78, 5) is 22.4. The minimum Gasteiger partial charge on any atom is -0.427 e. The first kappa shape index (κ1) is 25.1. The number of hydrogen-bond acceptors (Lipinski definition) is 7. The normalized spacial score (nSPS) is 15.9. The fraction of sp³-hybridized carbons (Fsp3) is 0.667. The van der Waals surface area contributed by atoms with Gasteiger partial charge in [-0.05, 0) is 50.6 Å². The lowest BCUT2D eigenvalue weighted by molar-refractivity contribution is -0.191. The Hall–Kier alpha value is -1.94. The Bertz CT molecular complexity index is 662. The predicted molar refractivity (Wildman–Crippen MR) is 101 cm³/mol. The van der Waals surface area contributed by atoms with E-state index in [4.69, 9.17) is 25.4 Å². The van der Waals surface area contributed by atoms with Gasteiger partial charge in [-0.15, -0.1) is 0 Å². The highest BCUT2D eigenvalue weighted by molar-refractivity contribution is 6.40. The molecule has 0 saturated carbocycles. The molecular formula is C18H27BF3N3O4. The molecule has 162 valence electrons. The van der Waals surface area contributed by atoms with Crippen LogP contribution >= 0.6 is 0 Å².